The molecule has 0 heterocycles. The Kier molecular flexibility index (Phi) is 3.59. The van der Waals surface area contributed by atoms with Crippen LogP contribution in [0.4, 0.5) is 5.69 Å². The van der Waals surface area contributed by atoms with Crippen molar-refractivity contribution < 1.29 is 0 Å². The van der Waals surface area contributed by atoms with Crippen LogP contribution in [-0.4, -0.2) is 0 Å². The van der Waals surface area contributed by atoms with E-state index in [1.165, 1.54) is 22.4 Å². The number of hydrogen-bond acceptors (Lipinski definition) is 1. The first-order valence-corrected chi connectivity index (χ1v) is 6.17. The van der Waals surface area contributed by atoms with Crippen molar-refractivity contribution in [2.75, 3.05) is 4.44 Å². The number of nitrogens with zero attached hydrogens (tertiary/aromatic N) is 1. The fraction of sp³-hybridized carbons (Fsp3) is 0.0769. The number of rotatable bonds is 2. The highest BCUT2D eigenvalue weighted by atomic mass is 31.1. The maximum Gasteiger partial charge on any atom is 0.0502 e. The molecule has 2 atom stereocenters. The summed E-state index contributed by atoms with van der Waals surface area (Å²) in [7, 11) is 5.32. The summed E-state index contributed by atoms with van der Waals surface area (Å²) in [5.41, 5.74) is 4.96. The van der Waals surface area contributed by atoms with Crippen molar-refractivity contribution in [1.82, 2.24) is 0 Å². The average molecular weight is 247 g/mol. The van der Waals surface area contributed by atoms with Gasteiger partial charge in [-0.2, -0.15) is 0 Å². The molecule has 0 spiro atoms. The Morgan fingerprint density at radius 1 is 0.875 bits per heavy atom. The van der Waals surface area contributed by atoms with Gasteiger partial charge in [0.15, 0.2) is 0 Å². The number of aryl methyl sites for hydroxylation is 1. The average Bonchev–Trinajstić information content (AvgIpc) is 2.30. The first kappa shape index (κ1) is 11.6. The van der Waals surface area contributed by atoms with Crippen molar-refractivity contribution in [1.29, 1.82) is 0 Å². The molecule has 0 fully saturated rings. The smallest absolute Gasteiger partial charge is 0.0502 e. The molecule has 0 radical (unpaired) electrons. The highest BCUT2D eigenvalue weighted by Crippen LogP contribution is 2.34. The van der Waals surface area contributed by atoms with Gasteiger partial charge in [-0.3, -0.25) is 0 Å². The molecule has 0 aliphatic heterocycles. The summed E-state index contributed by atoms with van der Waals surface area (Å²) in [6, 6.07) is 17.0. The molecule has 2 aromatic rings. The van der Waals surface area contributed by atoms with Gasteiger partial charge in [0.05, 0.1) is 5.69 Å². The molecule has 2 rings (SSSR count). The molecule has 0 bridgehead atoms. The summed E-state index contributed by atoms with van der Waals surface area (Å²) in [6.45, 7) is 2.10. The van der Waals surface area contributed by atoms with E-state index < -0.39 is 0 Å². The van der Waals surface area contributed by atoms with Crippen LogP contribution in [0.3, 0.4) is 0 Å². The van der Waals surface area contributed by atoms with Crippen LogP contribution in [-0.2, 0) is 0 Å². The molecule has 0 aliphatic carbocycles. The van der Waals surface area contributed by atoms with Crippen molar-refractivity contribution in [2.45, 2.75) is 6.92 Å². The molecule has 0 aliphatic rings. The minimum Gasteiger partial charge on any atom is -0.340 e. The normalized spacial score (nSPS) is 10.2. The third kappa shape index (κ3) is 2.43. The predicted molar refractivity (Wildman–Crippen MR) is 78.5 cm³/mol. The zero-order valence-electron chi connectivity index (χ0n) is 9.22. The molecule has 2 unspecified atom stereocenters. The van der Waals surface area contributed by atoms with Crippen molar-refractivity contribution in [3.05, 3.63) is 54.1 Å². The van der Waals surface area contributed by atoms with E-state index in [0.717, 1.165) is 0 Å². The minimum atomic E-state index is 1.18. The number of anilines is 1. The van der Waals surface area contributed by atoms with E-state index >= 15 is 0 Å². The number of benzene rings is 2. The second kappa shape index (κ2) is 4.95. The molecule has 0 N–H and O–H groups in total. The number of hydrogen-bond donors (Lipinski definition) is 0. The van der Waals surface area contributed by atoms with Crippen molar-refractivity contribution in [2.24, 2.45) is 0 Å². The van der Waals surface area contributed by atoms with Gasteiger partial charge in [0.1, 0.15) is 0 Å². The Balaban J connectivity index is 2.51. The van der Waals surface area contributed by atoms with E-state index in [2.05, 4.69) is 68.2 Å². The second-order valence-electron chi connectivity index (χ2n) is 3.79. The Bertz CT molecular complexity index is 478. The molecule has 0 amide bonds. The first-order chi connectivity index (χ1) is 7.68. The van der Waals surface area contributed by atoms with Crippen molar-refractivity contribution in [3.8, 4) is 11.1 Å². The zero-order chi connectivity index (χ0) is 11.5. The third-order valence-corrected chi connectivity index (χ3v) is 3.10. The van der Waals surface area contributed by atoms with Gasteiger partial charge in [0.2, 0.25) is 0 Å². The van der Waals surface area contributed by atoms with E-state index in [0.29, 0.717) is 0 Å². The van der Waals surface area contributed by atoms with E-state index in [9.17, 15) is 0 Å². The number of para-hydroxylation sites is 1. The summed E-state index contributed by atoms with van der Waals surface area (Å²) in [6.07, 6.45) is 0. The Morgan fingerprint density at radius 2 is 1.50 bits per heavy atom. The van der Waals surface area contributed by atoms with Gasteiger partial charge in [-0.15, -0.1) is 0 Å². The van der Waals surface area contributed by atoms with Gasteiger partial charge < -0.3 is 4.44 Å². The van der Waals surface area contributed by atoms with Gasteiger partial charge in [0, 0.05) is 5.56 Å². The van der Waals surface area contributed by atoms with Crippen LogP contribution in [0.15, 0.2) is 48.5 Å². The molecule has 1 nitrogen and oxygen atoms in total. The van der Waals surface area contributed by atoms with E-state index in [-0.39, 0.29) is 0 Å². The molecule has 0 saturated carbocycles. The minimum absolute atomic E-state index is 1.18. The molecule has 0 saturated heterocycles. The van der Waals surface area contributed by atoms with E-state index in [1.54, 1.807) is 0 Å². The predicted octanol–water partition coefficient (Wildman–Crippen LogP) is 4.05. The standard InChI is InChI=1S/C13H15NP2/c1-10-6-8-11(9-7-10)12-4-2-3-5-13(12)14(15)16/h2-9H,15-16H2,1H3. The first-order valence-electron chi connectivity index (χ1n) is 5.14. The van der Waals surface area contributed by atoms with Crippen molar-refractivity contribution in [3.63, 3.8) is 0 Å². The zero-order valence-corrected chi connectivity index (χ0v) is 11.5. The van der Waals surface area contributed by atoms with Crippen LogP contribution in [0.2, 0.25) is 0 Å². The topological polar surface area (TPSA) is 3.24 Å². The highest BCUT2D eigenvalue weighted by Gasteiger charge is 2.05. The lowest BCUT2D eigenvalue weighted by atomic mass is 10.0. The Hall–Kier alpha value is -0.900. The molecular weight excluding hydrogens is 232 g/mol. The maximum absolute atomic E-state index is 2.66. The maximum atomic E-state index is 2.66. The molecule has 3 heteroatoms. The van der Waals surface area contributed by atoms with Crippen LogP contribution in [0, 0.1) is 6.92 Å². The quantitative estimate of drug-likeness (QED) is 0.724. The lowest BCUT2D eigenvalue weighted by Gasteiger charge is -2.16. The van der Waals surface area contributed by atoms with Crippen LogP contribution in [0.25, 0.3) is 11.1 Å². The summed E-state index contributed by atoms with van der Waals surface area (Å²) in [4.78, 5) is 0. The molecule has 82 valence electrons. The summed E-state index contributed by atoms with van der Waals surface area (Å²) in [5.74, 6) is 0. The lowest BCUT2D eigenvalue weighted by molar-refractivity contribution is 1.46. The van der Waals surface area contributed by atoms with Crippen LogP contribution < -0.4 is 4.44 Å². The van der Waals surface area contributed by atoms with Crippen molar-refractivity contribution >= 4 is 24.5 Å². The fourth-order valence-electron chi connectivity index (χ4n) is 1.68. The monoisotopic (exact) mass is 247 g/mol. The van der Waals surface area contributed by atoms with E-state index in [1.807, 2.05) is 10.5 Å². The fourth-order valence-corrected chi connectivity index (χ4v) is 2.13. The van der Waals surface area contributed by atoms with Crippen LogP contribution in [0.1, 0.15) is 5.56 Å². The van der Waals surface area contributed by atoms with Crippen LogP contribution >= 0.6 is 18.8 Å². The van der Waals surface area contributed by atoms with Gasteiger partial charge in [-0.1, -0.05) is 48.0 Å². The lowest BCUT2D eigenvalue weighted by Crippen LogP contribution is -1.93. The third-order valence-electron chi connectivity index (χ3n) is 2.54. The summed E-state index contributed by atoms with van der Waals surface area (Å²) in [5, 5.41) is 0. The summed E-state index contributed by atoms with van der Waals surface area (Å²) < 4.78 is 1.98. The Morgan fingerprint density at radius 3 is 2.12 bits per heavy atom. The molecule has 16 heavy (non-hydrogen) atoms. The van der Waals surface area contributed by atoms with Crippen LogP contribution in [0.5, 0.6) is 0 Å². The second-order valence-corrected chi connectivity index (χ2v) is 5.50. The van der Waals surface area contributed by atoms with Gasteiger partial charge >= 0.3 is 0 Å². The van der Waals surface area contributed by atoms with Gasteiger partial charge in [-0.25, -0.2) is 0 Å². The summed E-state index contributed by atoms with van der Waals surface area (Å²) >= 11 is 0. The Labute approximate surface area is 101 Å². The largest absolute Gasteiger partial charge is 0.340 e. The van der Waals surface area contributed by atoms with Gasteiger partial charge in [-0.05, 0) is 37.3 Å². The molecule has 2 aromatic carbocycles. The highest BCUT2D eigenvalue weighted by molar-refractivity contribution is 7.39. The molecule has 0 aromatic heterocycles. The molecular formula is C13H15NP2. The van der Waals surface area contributed by atoms with E-state index in [4.69, 9.17) is 0 Å². The SMILES string of the molecule is Cc1ccc(-c2ccccc2N(P)P)cc1. The van der Waals surface area contributed by atoms with Gasteiger partial charge in [0.25, 0.3) is 0 Å².